The molecule has 8 heteroatoms. The van der Waals surface area contributed by atoms with Crippen LogP contribution < -0.4 is 4.74 Å². The van der Waals surface area contributed by atoms with Crippen molar-refractivity contribution in [3.8, 4) is 5.75 Å². The highest BCUT2D eigenvalue weighted by molar-refractivity contribution is 6.30. The van der Waals surface area contributed by atoms with Crippen LogP contribution in [0.25, 0.3) is 10.9 Å². The first-order chi connectivity index (χ1) is 15.9. The van der Waals surface area contributed by atoms with E-state index in [1.165, 1.54) is 5.01 Å². The second-order valence-electron chi connectivity index (χ2n) is 7.99. The van der Waals surface area contributed by atoms with Gasteiger partial charge in [0.25, 0.3) is 0 Å². The average Bonchev–Trinajstić information content (AvgIpc) is 3.23. The molecule has 0 spiro atoms. The van der Waals surface area contributed by atoms with Crippen LogP contribution >= 0.6 is 11.6 Å². The number of amides is 1. The highest BCUT2D eigenvalue weighted by Crippen LogP contribution is 2.38. The Balaban J connectivity index is 1.73. The zero-order chi connectivity index (χ0) is 23.5. The van der Waals surface area contributed by atoms with E-state index >= 15 is 0 Å². The number of carboxylic acid groups (broad SMARTS) is 1. The summed E-state index contributed by atoms with van der Waals surface area (Å²) in [6.45, 7) is 2.00. The first-order valence-corrected chi connectivity index (χ1v) is 11.1. The minimum atomic E-state index is -0.930. The van der Waals surface area contributed by atoms with Crippen LogP contribution in [0.3, 0.4) is 0 Å². The van der Waals surface area contributed by atoms with E-state index in [4.69, 9.17) is 21.4 Å². The van der Waals surface area contributed by atoms with Crippen molar-refractivity contribution in [2.75, 3.05) is 7.11 Å². The van der Waals surface area contributed by atoms with Crippen LogP contribution in [0.5, 0.6) is 5.75 Å². The number of rotatable bonds is 7. The summed E-state index contributed by atoms with van der Waals surface area (Å²) >= 11 is 6.59. The van der Waals surface area contributed by atoms with Crippen LogP contribution in [0.2, 0.25) is 5.15 Å². The standard InChI is InChI=1S/C25H24ClN3O4/c1-15-6-3-4-7-18(15)21-14-22(29(28-21)23(30)8-5-9-24(31)32)19-13-16-12-17(33-2)10-11-20(16)27-25(19)26/h3-4,6-7,10-13,22H,5,8-9,14H2,1-2H3,(H,31,32)/t22-/m0/s1. The second kappa shape index (κ2) is 9.58. The summed E-state index contributed by atoms with van der Waals surface area (Å²) in [6.07, 6.45) is 0.733. The van der Waals surface area contributed by atoms with Crippen LogP contribution in [0.15, 0.2) is 53.6 Å². The van der Waals surface area contributed by atoms with Gasteiger partial charge in [-0.1, -0.05) is 35.9 Å². The fourth-order valence-corrected chi connectivity index (χ4v) is 4.33. The van der Waals surface area contributed by atoms with Crippen LogP contribution in [-0.4, -0.2) is 39.8 Å². The number of nitrogens with zero attached hydrogens (tertiary/aromatic N) is 3. The number of aliphatic carboxylic acids is 1. The molecular weight excluding hydrogens is 442 g/mol. The molecule has 1 aromatic heterocycles. The average molecular weight is 466 g/mol. The third kappa shape index (κ3) is 4.83. The van der Waals surface area contributed by atoms with E-state index in [1.54, 1.807) is 7.11 Å². The molecule has 33 heavy (non-hydrogen) atoms. The van der Waals surface area contributed by atoms with Crippen molar-refractivity contribution in [2.45, 2.75) is 38.6 Å². The molecule has 0 unspecified atom stereocenters. The number of hydrazone groups is 1. The van der Waals surface area contributed by atoms with Gasteiger partial charge in [0.05, 0.1) is 24.4 Å². The van der Waals surface area contributed by atoms with Crippen molar-refractivity contribution in [3.05, 3.63) is 70.4 Å². The number of methoxy groups -OCH3 is 1. The number of hydrogen-bond acceptors (Lipinski definition) is 5. The van der Waals surface area contributed by atoms with Gasteiger partial charge in [0, 0.05) is 35.8 Å². The van der Waals surface area contributed by atoms with E-state index in [2.05, 4.69) is 10.1 Å². The number of carbonyl (C=O) groups excluding carboxylic acids is 1. The maximum absolute atomic E-state index is 13.1. The lowest BCUT2D eigenvalue weighted by atomic mass is 9.96. The summed E-state index contributed by atoms with van der Waals surface area (Å²) in [6, 6.07) is 14.9. The van der Waals surface area contributed by atoms with Crippen LogP contribution in [0.4, 0.5) is 0 Å². The third-order valence-electron chi connectivity index (χ3n) is 5.76. The molecule has 1 atom stereocenters. The molecule has 4 rings (SSSR count). The largest absolute Gasteiger partial charge is 0.497 e. The first-order valence-electron chi connectivity index (χ1n) is 10.7. The van der Waals surface area contributed by atoms with Crippen molar-refractivity contribution in [1.29, 1.82) is 0 Å². The molecule has 1 aliphatic rings. The zero-order valence-electron chi connectivity index (χ0n) is 18.4. The fourth-order valence-electron chi connectivity index (χ4n) is 4.06. The van der Waals surface area contributed by atoms with Crippen LogP contribution in [0, 0.1) is 6.92 Å². The molecule has 1 amide bonds. The normalized spacial score (nSPS) is 15.5. The monoisotopic (exact) mass is 465 g/mol. The van der Waals surface area contributed by atoms with Gasteiger partial charge in [-0.25, -0.2) is 9.99 Å². The van der Waals surface area contributed by atoms with E-state index in [-0.39, 0.29) is 25.2 Å². The molecule has 0 radical (unpaired) electrons. The van der Waals surface area contributed by atoms with Gasteiger partial charge in [-0.3, -0.25) is 9.59 Å². The summed E-state index contributed by atoms with van der Waals surface area (Å²) < 4.78 is 5.33. The summed E-state index contributed by atoms with van der Waals surface area (Å²) in [5, 5.41) is 16.2. The number of benzene rings is 2. The molecule has 0 saturated heterocycles. The van der Waals surface area contributed by atoms with Crippen LogP contribution in [-0.2, 0) is 9.59 Å². The maximum Gasteiger partial charge on any atom is 0.303 e. The van der Waals surface area contributed by atoms with E-state index in [9.17, 15) is 9.59 Å². The number of pyridine rings is 1. The molecule has 0 saturated carbocycles. The summed E-state index contributed by atoms with van der Waals surface area (Å²) in [5.41, 5.74) is 4.22. The summed E-state index contributed by atoms with van der Waals surface area (Å²) in [4.78, 5) is 28.5. The predicted molar refractivity (Wildman–Crippen MR) is 127 cm³/mol. The van der Waals surface area contributed by atoms with Gasteiger partial charge in [-0.2, -0.15) is 5.10 Å². The number of fused-ring (bicyclic) bond motifs is 1. The van der Waals surface area contributed by atoms with Gasteiger partial charge in [-0.15, -0.1) is 0 Å². The molecule has 7 nitrogen and oxygen atoms in total. The fraction of sp³-hybridized carbons (Fsp3) is 0.280. The molecule has 2 aromatic carbocycles. The quantitative estimate of drug-likeness (QED) is 0.488. The number of aryl methyl sites for hydroxylation is 1. The van der Waals surface area contributed by atoms with Crippen molar-refractivity contribution < 1.29 is 19.4 Å². The Hall–Kier alpha value is -3.45. The van der Waals surface area contributed by atoms with Gasteiger partial charge in [0.1, 0.15) is 10.9 Å². The highest BCUT2D eigenvalue weighted by Gasteiger charge is 2.35. The molecule has 2 heterocycles. The van der Waals surface area contributed by atoms with Gasteiger partial charge in [0.2, 0.25) is 5.91 Å². The van der Waals surface area contributed by atoms with Gasteiger partial charge >= 0.3 is 5.97 Å². The summed E-state index contributed by atoms with van der Waals surface area (Å²) in [7, 11) is 1.60. The molecule has 0 aliphatic carbocycles. The van der Waals surface area contributed by atoms with Gasteiger partial charge < -0.3 is 9.84 Å². The van der Waals surface area contributed by atoms with E-state index in [1.807, 2.05) is 55.5 Å². The Labute approximate surface area is 196 Å². The Morgan fingerprint density at radius 1 is 1.18 bits per heavy atom. The van der Waals surface area contributed by atoms with Crippen molar-refractivity contribution >= 4 is 40.1 Å². The number of hydrogen-bond donors (Lipinski definition) is 1. The Morgan fingerprint density at radius 2 is 1.97 bits per heavy atom. The molecular formula is C25H24ClN3O4. The SMILES string of the molecule is COc1ccc2nc(Cl)c([C@@H]3CC(c4ccccc4C)=NN3C(=O)CCCC(=O)O)cc2c1. The number of carbonyl (C=O) groups is 2. The minimum Gasteiger partial charge on any atom is -0.497 e. The lowest BCUT2D eigenvalue weighted by Gasteiger charge is -2.23. The second-order valence-corrected chi connectivity index (χ2v) is 8.35. The van der Waals surface area contributed by atoms with Crippen molar-refractivity contribution in [1.82, 2.24) is 9.99 Å². The number of carboxylic acids is 1. The van der Waals surface area contributed by atoms with Crippen molar-refractivity contribution in [2.24, 2.45) is 5.10 Å². The van der Waals surface area contributed by atoms with Crippen LogP contribution in [0.1, 0.15) is 48.4 Å². The first kappa shape index (κ1) is 22.7. The summed E-state index contributed by atoms with van der Waals surface area (Å²) in [5.74, 6) is -0.477. The molecule has 1 aliphatic heterocycles. The Kier molecular flexibility index (Phi) is 6.60. The Morgan fingerprint density at radius 3 is 2.70 bits per heavy atom. The lowest BCUT2D eigenvalue weighted by molar-refractivity contribution is -0.137. The van der Waals surface area contributed by atoms with Gasteiger partial charge in [0.15, 0.2) is 0 Å². The zero-order valence-corrected chi connectivity index (χ0v) is 19.2. The molecule has 1 N–H and O–H groups in total. The van der Waals surface area contributed by atoms with E-state index in [0.29, 0.717) is 22.9 Å². The number of halogens is 1. The van der Waals surface area contributed by atoms with Crippen molar-refractivity contribution in [3.63, 3.8) is 0 Å². The van der Waals surface area contributed by atoms with E-state index < -0.39 is 12.0 Å². The number of ether oxygens (including phenoxy) is 1. The number of aromatic nitrogens is 1. The maximum atomic E-state index is 13.1. The van der Waals surface area contributed by atoms with Gasteiger partial charge in [-0.05, 0) is 43.2 Å². The smallest absolute Gasteiger partial charge is 0.303 e. The lowest BCUT2D eigenvalue weighted by Crippen LogP contribution is -2.27. The molecule has 3 aromatic rings. The molecule has 170 valence electrons. The molecule has 0 fully saturated rings. The Bertz CT molecular complexity index is 1260. The third-order valence-corrected chi connectivity index (χ3v) is 6.07. The predicted octanol–water partition coefficient (Wildman–Crippen LogP) is 5.14. The highest BCUT2D eigenvalue weighted by atomic mass is 35.5. The topological polar surface area (TPSA) is 92.1 Å². The van der Waals surface area contributed by atoms with E-state index in [0.717, 1.165) is 27.7 Å². The minimum absolute atomic E-state index is 0.0727. The molecule has 0 bridgehead atoms.